The first kappa shape index (κ1) is 12.6. The molecule has 0 amide bonds. The third-order valence-corrected chi connectivity index (χ3v) is 4.82. The molecule has 19 heavy (non-hydrogen) atoms. The minimum absolute atomic E-state index is 0.608. The van der Waals surface area contributed by atoms with Crippen molar-refractivity contribution in [2.24, 2.45) is 4.99 Å². The summed E-state index contributed by atoms with van der Waals surface area (Å²) >= 11 is 1.70. The van der Waals surface area contributed by atoms with Crippen molar-refractivity contribution in [1.82, 2.24) is 8.94 Å². The summed E-state index contributed by atoms with van der Waals surface area (Å²) in [5.74, 6) is 1.08. The molecule has 0 saturated heterocycles. The second-order valence-corrected chi connectivity index (χ2v) is 5.96. The lowest BCUT2D eigenvalue weighted by Gasteiger charge is -2.23. The molecule has 0 bridgehead atoms. The molecule has 3 nitrogen and oxygen atoms in total. The largest absolute Gasteiger partial charge is 0.275 e. The van der Waals surface area contributed by atoms with Gasteiger partial charge in [-0.3, -0.25) is 8.95 Å². The van der Waals surface area contributed by atoms with Gasteiger partial charge in [0.25, 0.3) is 0 Å². The van der Waals surface area contributed by atoms with Crippen LogP contribution in [-0.4, -0.2) is 16.0 Å². The predicted molar refractivity (Wildman–Crippen MR) is 79.1 cm³/mol. The van der Waals surface area contributed by atoms with Gasteiger partial charge >= 0.3 is 0 Å². The minimum Gasteiger partial charge on any atom is -0.275 e. The molecule has 0 atom stereocenters. The zero-order valence-corrected chi connectivity index (χ0v) is 12.1. The Morgan fingerprint density at radius 3 is 2.58 bits per heavy atom. The summed E-state index contributed by atoms with van der Waals surface area (Å²) in [6, 6.07) is 11.1. The van der Waals surface area contributed by atoms with Gasteiger partial charge in [0.1, 0.15) is 0 Å². The molecule has 0 unspecified atom stereocenters. The Morgan fingerprint density at radius 1 is 1.16 bits per heavy atom. The highest BCUT2D eigenvalue weighted by Crippen LogP contribution is 2.32. The summed E-state index contributed by atoms with van der Waals surface area (Å²) in [4.78, 5) is 9.83. The van der Waals surface area contributed by atoms with Crippen molar-refractivity contribution in [2.45, 2.75) is 38.1 Å². The summed E-state index contributed by atoms with van der Waals surface area (Å²) in [6.45, 7) is 0. The third kappa shape index (κ3) is 2.63. The number of benzene rings is 1. The molecule has 1 aliphatic rings. The Morgan fingerprint density at radius 2 is 1.89 bits per heavy atom. The van der Waals surface area contributed by atoms with E-state index in [4.69, 9.17) is 0 Å². The van der Waals surface area contributed by atoms with E-state index in [-0.39, 0.29) is 0 Å². The smallest absolute Gasteiger partial charge is 0.222 e. The SMILES string of the molecule is CN=c1nc(-c2ccccc2)n(C2CCCCC2)s1. The van der Waals surface area contributed by atoms with E-state index in [1.54, 1.807) is 11.5 Å². The summed E-state index contributed by atoms with van der Waals surface area (Å²) < 4.78 is 2.39. The monoisotopic (exact) mass is 273 g/mol. The van der Waals surface area contributed by atoms with Gasteiger partial charge in [-0.05, 0) is 24.4 Å². The fourth-order valence-electron chi connectivity index (χ4n) is 2.72. The molecule has 3 rings (SSSR count). The number of hydrogen-bond donors (Lipinski definition) is 0. The summed E-state index contributed by atoms with van der Waals surface area (Å²) in [5, 5.41) is 0. The van der Waals surface area contributed by atoms with Crippen LogP contribution in [-0.2, 0) is 0 Å². The zero-order valence-electron chi connectivity index (χ0n) is 11.2. The van der Waals surface area contributed by atoms with Crippen LogP contribution in [0.5, 0.6) is 0 Å². The van der Waals surface area contributed by atoms with E-state index in [0.717, 1.165) is 10.6 Å². The van der Waals surface area contributed by atoms with Gasteiger partial charge in [-0.2, -0.15) is 4.98 Å². The quantitative estimate of drug-likeness (QED) is 0.821. The van der Waals surface area contributed by atoms with Crippen molar-refractivity contribution < 1.29 is 0 Å². The van der Waals surface area contributed by atoms with Crippen LogP contribution >= 0.6 is 11.5 Å². The molecule has 0 spiro atoms. The summed E-state index contributed by atoms with van der Waals surface area (Å²) in [5.41, 5.74) is 1.19. The van der Waals surface area contributed by atoms with Crippen LogP contribution in [0.1, 0.15) is 38.1 Å². The van der Waals surface area contributed by atoms with Gasteiger partial charge in [0.2, 0.25) is 4.80 Å². The van der Waals surface area contributed by atoms with Gasteiger partial charge in [0.15, 0.2) is 5.82 Å². The van der Waals surface area contributed by atoms with Crippen molar-refractivity contribution in [1.29, 1.82) is 0 Å². The van der Waals surface area contributed by atoms with Gasteiger partial charge in [0, 0.05) is 18.7 Å². The molecule has 0 aliphatic heterocycles. The fourth-order valence-corrected chi connectivity index (χ4v) is 3.70. The Bertz CT molecular complexity index is 591. The number of rotatable bonds is 2. The highest BCUT2D eigenvalue weighted by Gasteiger charge is 2.20. The molecule has 4 heteroatoms. The van der Waals surface area contributed by atoms with E-state index >= 15 is 0 Å². The average molecular weight is 273 g/mol. The molecular formula is C15H19N3S. The first-order chi connectivity index (χ1) is 9.38. The Labute approximate surface area is 117 Å². The minimum atomic E-state index is 0.608. The molecule has 2 aromatic rings. The van der Waals surface area contributed by atoms with Crippen LogP contribution < -0.4 is 4.80 Å². The number of hydrogen-bond acceptors (Lipinski definition) is 3. The number of aromatic nitrogens is 2. The molecule has 1 aromatic carbocycles. The molecule has 0 radical (unpaired) electrons. The standard InChI is InChI=1S/C15H19N3S/c1-16-15-17-14(12-8-4-2-5-9-12)18(19-15)13-10-6-3-7-11-13/h2,4-5,8-9,13H,3,6-7,10-11H2,1H3. The zero-order chi connectivity index (χ0) is 13.1. The van der Waals surface area contributed by atoms with Gasteiger partial charge in [-0.1, -0.05) is 49.6 Å². The molecule has 1 saturated carbocycles. The molecule has 1 aliphatic carbocycles. The predicted octanol–water partition coefficient (Wildman–Crippen LogP) is 3.65. The van der Waals surface area contributed by atoms with Crippen LogP contribution in [0.2, 0.25) is 0 Å². The lowest BCUT2D eigenvalue weighted by molar-refractivity contribution is 0.371. The Kier molecular flexibility index (Phi) is 3.78. The van der Waals surface area contributed by atoms with E-state index in [1.807, 2.05) is 13.1 Å². The molecule has 100 valence electrons. The van der Waals surface area contributed by atoms with E-state index in [1.165, 1.54) is 37.7 Å². The highest BCUT2D eigenvalue weighted by molar-refractivity contribution is 7.03. The number of nitrogens with zero attached hydrogens (tertiary/aromatic N) is 3. The first-order valence-corrected chi connectivity index (χ1v) is 7.74. The van der Waals surface area contributed by atoms with Gasteiger partial charge in [0.05, 0.1) is 0 Å². The highest BCUT2D eigenvalue weighted by atomic mass is 32.1. The van der Waals surface area contributed by atoms with Crippen LogP contribution in [0.15, 0.2) is 35.3 Å². The maximum atomic E-state index is 4.69. The summed E-state index contributed by atoms with van der Waals surface area (Å²) in [6.07, 6.45) is 6.60. The third-order valence-electron chi connectivity index (χ3n) is 3.72. The van der Waals surface area contributed by atoms with Crippen LogP contribution in [0.4, 0.5) is 0 Å². The van der Waals surface area contributed by atoms with Crippen LogP contribution in [0.25, 0.3) is 11.4 Å². The van der Waals surface area contributed by atoms with E-state index in [0.29, 0.717) is 6.04 Å². The average Bonchev–Trinajstić information content (AvgIpc) is 2.93. The van der Waals surface area contributed by atoms with Crippen molar-refractivity contribution >= 4 is 11.5 Å². The second-order valence-electron chi connectivity index (χ2n) is 5.02. The molecule has 0 N–H and O–H groups in total. The Hall–Kier alpha value is -1.42. The van der Waals surface area contributed by atoms with E-state index in [9.17, 15) is 0 Å². The molecule has 1 aromatic heterocycles. The second kappa shape index (κ2) is 5.70. The molecular weight excluding hydrogens is 254 g/mol. The van der Waals surface area contributed by atoms with Gasteiger partial charge < -0.3 is 0 Å². The van der Waals surface area contributed by atoms with Crippen LogP contribution in [0.3, 0.4) is 0 Å². The normalized spacial score (nSPS) is 17.8. The first-order valence-electron chi connectivity index (χ1n) is 6.96. The van der Waals surface area contributed by atoms with E-state index < -0.39 is 0 Å². The van der Waals surface area contributed by atoms with Crippen LogP contribution in [0, 0.1) is 0 Å². The fraction of sp³-hybridized carbons (Fsp3) is 0.467. The van der Waals surface area contributed by atoms with Gasteiger partial charge in [-0.25, -0.2) is 0 Å². The van der Waals surface area contributed by atoms with E-state index in [2.05, 4.69) is 38.2 Å². The summed E-state index contributed by atoms with van der Waals surface area (Å²) in [7, 11) is 1.82. The topological polar surface area (TPSA) is 30.2 Å². The maximum absolute atomic E-state index is 4.69. The molecule has 1 fully saturated rings. The lowest BCUT2D eigenvalue weighted by atomic mass is 9.96. The van der Waals surface area contributed by atoms with Crippen molar-refractivity contribution in [3.05, 3.63) is 35.1 Å². The van der Waals surface area contributed by atoms with Crippen molar-refractivity contribution in [3.63, 3.8) is 0 Å². The van der Waals surface area contributed by atoms with Crippen molar-refractivity contribution in [2.75, 3.05) is 7.05 Å². The molecule has 1 heterocycles. The van der Waals surface area contributed by atoms with Crippen molar-refractivity contribution in [3.8, 4) is 11.4 Å². The van der Waals surface area contributed by atoms with Gasteiger partial charge in [-0.15, -0.1) is 0 Å². The lowest BCUT2D eigenvalue weighted by Crippen LogP contribution is -2.11. The maximum Gasteiger partial charge on any atom is 0.222 e. The Balaban J connectivity index is 2.05.